The standard InChI is InChI=1S/C59H40N2/c1-5-17-41(18-6-1)42-29-32-45(33-30-42)59(44-20-7-2-8-21-44)55-28-16-15-27-51(55)52-37-34-48(39-56(52)59)60(46-22-9-3-10-23-46)49-35-38-53-54-36-31-43-19-13-14-26-50(43)58(54)61(57(53)40-49)47-24-11-4-12-25-47/h1-40H. The Hall–Kier alpha value is -7.94. The van der Waals surface area contributed by atoms with E-state index in [1.807, 2.05) is 0 Å². The number of benzene rings is 10. The molecule has 0 N–H and O–H groups in total. The van der Waals surface area contributed by atoms with Crippen LogP contribution in [0.3, 0.4) is 0 Å². The molecule has 1 atom stereocenters. The van der Waals surface area contributed by atoms with Crippen LogP contribution in [0.1, 0.15) is 22.3 Å². The molecule has 0 spiro atoms. The first-order chi connectivity index (χ1) is 30.3. The normalized spacial score (nSPS) is 14.3. The Kier molecular flexibility index (Phi) is 8.11. The van der Waals surface area contributed by atoms with Crippen molar-refractivity contribution in [2.75, 3.05) is 4.90 Å². The van der Waals surface area contributed by atoms with Crippen LogP contribution in [0.5, 0.6) is 0 Å². The lowest BCUT2D eigenvalue weighted by molar-refractivity contribution is 0.768. The van der Waals surface area contributed by atoms with Crippen molar-refractivity contribution in [3.05, 3.63) is 265 Å². The quantitative estimate of drug-likeness (QED) is 0.156. The maximum absolute atomic E-state index is 2.46. The Bertz CT molecular complexity index is 3390. The lowest BCUT2D eigenvalue weighted by Gasteiger charge is -2.35. The average molecular weight is 777 g/mol. The van der Waals surface area contributed by atoms with Gasteiger partial charge in [0.05, 0.1) is 16.4 Å². The van der Waals surface area contributed by atoms with Crippen LogP contribution in [0.2, 0.25) is 0 Å². The van der Waals surface area contributed by atoms with Gasteiger partial charge in [-0.1, -0.05) is 194 Å². The number of fused-ring (bicyclic) bond motifs is 8. The van der Waals surface area contributed by atoms with Crippen LogP contribution in [0.4, 0.5) is 17.1 Å². The zero-order valence-electron chi connectivity index (χ0n) is 33.5. The molecular weight excluding hydrogens is 737 g/mol. The number of rotatable bonds is 7. The van der Waals surface area contributed by atoms with Gasteiger partial charge in [-0.3, -0.25) is 0 Å². The molecule has 1 aromatic heterocycles. The molecule has 1 aliphatic rings. The van der Waals surface area contributed by atoms with Gasteiger partial charge in [-0.05, 0) is 98.4 Å². The third-order valence-electron chi connectivity index (χ3n) is 12.8. The van der Waals surface area contributed by atoms with Gasteiger partial charge >= 0.3 is 0 Å². The van der Waals surface area contributed by atoms with Gasteiger partial charge in [-0.25, -0.2) is 0 Å². The van der Waals surface area contributed by atoms with Gasteiger partial charge in [-0.15, -0.1) is 0 Å². The molecule has 286 valence electrons. The van der Waals surface area contributed by atoms with Crippen molar-refractivity contribution >= 4 is 49.6 Å². The van der Waals surface area contributed by atoms with E-state index in [-0.39, 0.29) is 0 Å². The van der Waals surface area contributed by atoms with Crippen LogP contribution in [-0.2, 0) is 5.41 Å². The first kappa shape index (κ1) is 35.0. The van der Waals surface area contributed by atoms with Crippen LogP contribution >= 0.6 is 0 Å². The fraction of sp³-hybridized carbons (Fsp3) is 0.0169. The summed E-state index contributed by atoms with van der Waals surface area (Å²) in [7, 11) is 0. The van der Waals surface area contributed by atoms with Gasteiger partial charge in [0, 0.05) is 38.9 Å². The Morgan fingerprint density at radius 2 is 0.918 bits per heavy atom. The molecule has 10 aromatic carbocycles. The lowest BCUT2D eigenvalue weighted by Crippen LogP contribution is -2.28. The summed E-state index contributed by atoms with van der Waals surface area (Å²) in [6.07, 6.45) is 0. The highest BCUT2D eigenvalue weighted by Gasteiger charge is 2.46. The zero-order valence-corrected chi connectivity index (χ0v) is 33.5. The highest BCUT2D eigenvalue weighted by molar-refractivity contribution is 6.19. The van der Waals surface area contributed by atoms with E-state index in [4.69, 9.17) is 0 Å². The number of hydrogen-bond acceptors (Lipinski definition) is 1. The van der Waals surface area contributed by atoms with Crippen molar-refractivity contribution in [3.63, 3.8) is 0 Å². The summed E-state index contributed by atoms with van der Waals surface area (Å²) < 4.78 is 2.46. The van der Waals surface area contributed by atoms with Gasteiger partial charge in [0.25, 0.3) is 0 Å². The van der Waals surface area contributed by atoms with Gasteiger partial charge < -0.3 is 9.47 Å². The van der Waals surface area contributed by atoms with Gasteiger partial charge in [0.2, 0.25) is 0 Å². The molecule has 11 aromatic rings. The molecule has 2 heteroatoms. The van der Waals surface area contributed by atoms with E-state index in [1.54, 1.807) is 0 Å². The molecule has 0 aliphatic heterocycles. The molecule has 1 aliphatic carbocycles. The van der Waals surface area contributed by atoms with E-state index < -0.39 is 5.41 Å². The van der Waals surface area contributed by atoms with Crippen molar-refractivity contribution < 1.29 is 0 Å². The largest absolute Gasteiger partial charge is 0.310 e. The molecule has 0 radical (unpaired) electrons. The second-order valence-corrected chi connectivity index (χ2v) is 16.1. The zero-order chi connectivity index (χ0) is 40.3. The first-order valence-electron chi connectivity index (χ1n) is 21.1. The number of anilines is 3. The van der Waals surface area contributed by atoms with E-state index in [9.17, 15) is 0 Å². The summed E-state index contributed by atoms with van der Waals surface area (Å²) in [5.41, 5.74) is 16.3. The monoisotopic (exact) mass is 776 g/mol. The molecule has 1 heterocycles. The predicted molar refractivity (Wildman–Crippen MR) is 256 cm³/mol. The summed E-state index contributed by atoms with van der Waals surface area (Å²) in [6.45, 7) is 0. The molecule has 1 unspecified atom stereocenters. The Balaban J connectivity index is 1.11. The third kappa shape index (κ3) is 5.43. The highest BCUT2D eigenvalue weighted by atomic mass is 15.1. The Morgan fingerprint density at radius 1 is 0.344 bits per heavy atom. The molecule has 0 amide bonds. The van der Waals surface area contributed by atoms with Gasteiger partial charge in [0.15, 0.2) is 0 Å². The molecule has 0 bridgehead atoms. The van der Waals surface area contributed by atoms with Crippen molar-refractivity contribution in [3.8, 4) is 27.9 Å². The Morgan fingerprint density at radius 3 is 1.70 bits per heavy atom. The summed E-state index contributed by atoms with van der Waals surface area (Å²) in [4.78, 5) is 2.43. The summed E-state index contributed by atoms with van der Waals surface area (Å²) in [6, 6.07) is 89.1. The number of para-hydroxylation sites is 2. The van der Waals surface area contributed by atoms with Gasteiger partial charge in [0.1, 0.15) is 0 Å². The maximum Gasteiger partial charge on any atom is 0.0714 e. The minimum atomic E-state index is -0.550. The van der Waals surface area contributed by atoms with Crippen LogP contribution in [0.25, 0.3) is 60.5 Å². The van der Waals surface area contributed by atoms with E-state index >= 15 is 0 Å². The summed E-state index contributed by atoms with van der Waals surface area (Å²) >= 11 is 0. The van der Waals surface area contributed by atoms with E-state index in [0.717, 1.165) is 22.7 Å². The van der Waals surface area contributed by atoms with Crippen molar-refractivity contribution in [1.29, 1.82) is 0 Å². The SMILES string of the molecule is c1ccc(-c2ccc(C3(c4ccccc4)c4ccccc4-c4ccc(N(c5ccccc5)c5ccc6c7ccc8ccccc8c7n(-c7ccccc7)c6c5)cc43)cc2)cc1. The van der Waals surface area contributed by atoms with Crippen molar-refractivity contribution in [2.24, 2.45) is 0 Å². The molecule has 0 saturated heterocycles. The van der Waals surface area contributed by atoms with Crippen molar-refractivity contribution in [1.82, 2.24) is 4.57 Å². The number of aromatic nitrogens is 1. The fourth-order valence-electron chi connectivity index (χ4n) is 10.2. The van der Waals surface area contributed by atoms with E-state index in [1.165, 1.54) is 77.1 Å². The maximum atomic E-state index is 2.46. The Labute approximate surface area is 355 Å². The third-order valence-corrected chi connectivity index (χ3v) is 12.8. The fourth-order valence-corrected chi connectivity index (χ4v) is 10.2. The van der Waals surface area contributed by atoms with Gasteiger partial charge in [-0.2, -0.15) is 0 Å². The van der Waals surface area contributed by atoms with Crippen LogP contribution in [-0.4, -0.2) is 4.57 Å². The molecule has 2 nitrogen and oxygen atoms in total. The lowest BCUT2D eigenvalue weighted by atomic mass is 9.67. The minimum absolute atomic E-state index is 0.550. The molecule has 61 heavy (non-hydrogen) atoms. The second kappa shape index (κ2) is 14.1. The summed E-state index contributed by atoms with van der Waals surface area (Å²) in [5.74, 6) is 0. The number of nitrogens with zero attached hydrogens (tertiary/aromatic N) is 2. The average Bonchev–Trinajstić information content (AvgIpc) is 3.83. The van der Waals surface area contributed by atoms with Crippen LogP contribution in [0.15, 0.2) is 243 Å². The summed E-state index contributed by atoms with van der Waals surface area (Å²) in [5, 5.41) is 4.95. The minimum Gasteiger partial charge on any atom is -0.310 e. The first-order valence-corrected chi connectivity index (χ1v) is 21.1. The predicted octanol–water partition coefficient (Wildman–Crippen LogP) is 15.4. The molecular formula is C59H40N2. The van der Waals surface area contributed by atoms with Crippen LogP contribution in [0, 0.1) is 0 Å². The molecule has 0 fully saturated rings. The molecule has 0 saturated carbocycles. The van der Waals surface area contributed by atoms with Crippen molar-refractivity contribution in [2.45, 2.75) is 5.41 Å². The number of hydrogen-bond donors (Lipinski definition) is 0. The topological polar surface area (TPSA) is 8.17 Å². The van der Waals surface area contributed by atoms with Crippen LogP contribution < -0.4 is 4.90 Å². The highest BCUT2D eigenvalue weighted by Crippen LogP contribution is 2.57. The van der Waals surface area contributed by atoms with E-state index in [2.05, 4.69) is 252 Å². The smallest absolute Gasteiger partial charge is 0.0714 e. The van der Waals surface area contributed by atoms with E-state index in [0.29, 0.717) is 0 Å². The molecule has 12 rings (SSSR count). The second-order valence-electron chi connectivity index (χ2n) is 16.1.